The van der Waals surface area contributed by atoms with E-state index in [9.17, 15) is 18.4 Å². The zero-order valence-corrected chi connectivity index (χ0v) is 10.1. The summed E-state index contributed by atoms with van der Waals surface area (Å²) < 4.78 is 32.2. The topological polar surface area (TPSA) is 69.4 Å². The van der Waals surface area contributed by atoms with Crippen molar-refractivity contribution in [3.8, 4) is 11.5 Å². The predicted molar refractivity (Wildman–Crippen MR) is 66.8 cm³/mol. The SMILES string of the molecule is NC(=O)c1ccc(Oc2c(F)cc(C=O)cc2F)cc1. The number of amides is 1. The number of primary amides is 1. The van der Waals surface area contributed by atoms with Gasteiger partial charge in [0.15, 0.2) is 17.4 Å². The molecule has 0 bridgehead atoms. The number of rotatable bonds is 4. The van der Waals surface area contributed by atoms with Crippen molar-refractivity contribution in [3.05, 3.63) is 59.2 Å². The Morgan fingerprint density at radius 3 is 2.10 bits per heavy atom. The summed E-state index contributed by atoms with van der Waals surface area (Å²) in [6.45, 7) is 0. The fourth-order valence-electron chi connectivity index (χ4n) is 1.55. The van der Waals surface area contributed by atoms with Gasteiger partial charge in [-0.1, -0.05) is 0 Å². The lowest BCUT2D eigenvalue weighted by molar-refractivity contribution is 0.1000. The normalized spacial score (nSPS) is 10.1. The molecule has 2 aromatic rings. The molecule has 0 radical (unpaired) electrons. The minimum atomic E-state index is -0.994. The molecule has 0 aliphatic rings. The number of carbonyl (C=O) groups excluding carboxylic acids is 2. The fourth-order valence-corrected chi connectivity index (χ4v) is 1.55. The monoisotopic (exact) mass is 277 g/mol. The van der Waals surface area contributed by atoms with Crippen molar-refractivity contribution >= 4 is 12.2 Å². The minimum Gasteiger partial charge on any atom is -0.451 e. The van der Waals surface area contributed by atoms with Crippen LogP contribution in [0.1, 0.15) is 20.7 Å². The maximum Gasteiger partial charge on any atom is 0.248 e. The number of nitrogens with two attached hydrogens (primary N) is 1. The summed E-state index contributed by atoms with van der Waals surface area (Å²) >= 11 is 0. The van der Waals surface area contributed by atoms with Crippen molar-refractivity contribution in [2.24, 2.45) is 5.73 Å². The molecule has 0 aliphatic carbocycles. The molecule has 102 valence electrons. The number of hydrogen-bond donors (Lipinski definition) is 1. The van der Waals surface area contributed by atoms with Crippen LogP contribution in [0.5, 0.6) is 11.5 Å². The number of hydrogen-bond acceptors (Lipinski definition) is 3. The van der Waals surface area contributed by atoms with Gasteiger partial charge in [0.05, 0.1) is 0 Å². The van der Waals surface area contributed by atoms with Crippen LogP contribution in [-0.4, -0.2) is 12.2 Å². The lowest BCUT2D eigenvalue weighted by atomic mass is 10.2. The lowest BCUT2D eigenvalue weighted by Crippen LogP contribution is -2.10. The highest BCUT2D eigenvalue weighted by Crippen LogP contribution is 2.28. The van der Waals surface area contributed by atoms with Gasteiger partial charge in [-0.2, -0.15) is 0 Å². The Kier molecular flexibility index (Phi) is 3.74. The smallest absolute Gasteiger partial charge is 0.248 e. The van der Waals surface area contributed by atoms with Crippen LogP contribution in [0.4, 0.5) is 8.78 Å². The van der Waals surface area contributed by atoms with Gasteiger partial charge in [0, 0.05) is 11.1 Å². The van der Waals surface area contributed by atoms with Crippen LogP contribution in [0.25, 0.3) is 0 Å². The van der Waals surface area contributed by atoms with E-state index in [4.69, 9.17) is 10.5 Å². The lowest BCUT2D eigenvalue weighted by Gasteiger charge is -2.08. The molecule has 4 nitrogen and oxygen atoms in total. The largest absolute Gasteiger partial charge is 0.451 e. The summed E-state index contributed by atoms with van der Waals surface area (Å²) in [4.78, 5) is 21.3. The third-order valence-corrected chi connectivity index (χ3v) is 2.52. The van der Waals surface area contributed by atoms with Gasteiger partial charge in [0.1, 0.15) is 12.0 Å². The van der Waals surface area contributed by atoms with Crippen LogP contribution in [0.3, 0.4) is 0 Å². The van der Waals surface area contributed by atoms with Crippen molar-refractivity contribution in [3.63, 3.8) is 0 Å². The van der Waals surface area contributed by atoms with E-state index in [1.54, 1.807) is 0 Å². The molecule has 0 spiro atoms. The zero-order valence-electron chi connectivity index (χ0n) is 10.1. The van der Waals surface area contributed by atoms with Crippen molar-refractivity contribution in [1.82, 2.24) is 0 Å². The number of benzene rings is 2. The van der Waals surface area contributed by atoms with E-state index in [1.807, 2.05) is 0 Å². The van der Waals surface area contributed by atoms with Crippen LogP contribution < -0.4 is 10.5 Å². The molecule has 0 unspecified atom stereocenters. The molecule has 2 N–H and O–H groups in total. The quantitative estimate of drug-likeness (QED) is 0.873. The summed E-state index contributed by atoms with van der Waals surface area (Å²) in [6.07, 6.45) is 0.331. The second kappa shape index (κ2) is 5.48. The summed E-state index contributed by atoms with van der Waals surface area (Å²) in [6, 6.07) is 7.17. The molecular formula is C14H9F2NO3. The van der Waals surface area contributed by atoms with E-state index in [-0.39, 0.29) is 16.9 Å². The van der Waals surface area contributed by atoms with E-state index >= 15 is 0 Å². The van der Waals surface area contributed by atoms with Crippen LogP contribution in [0.2, 0.25) is 0 Å². The number of halogens is 2. The van der Waals surface area contributed by atoms with Crippen LogP contribution >= 0.6 is 0 Å². The summed E-state index contributed by atoms with van der Waals surface area (Å²) in [5.74, 6) is -3.10. The second-order valence-corrected chi connectivity index (χ2v) is 3.92. The molecule has 6 heteroatoms. The van der Waals surface area contributed by atoms with Gasteiger partial charge >= 0.3 is 0 Å². The van der Waals surface area contributed by atoms with Crippen molar-refractivity contribution in [2.75, 3.05) is 0 Å². The van der Waals surface area contributed by atoms with Crippen LogP contribution in [0.15, 0.2) is 36.4 Å². The molecule has 2 rings (SSSR count). The summed E-state index contributed by atoms with van der Waals surface area (Å²) in [7, 11) is 0. The third-order valence-electron chi connectivity index (χ3n) is 2.52. The van der Waals surface area contributed by atoms with E-state index in [2.05, 4.69) is 0 Å². The molecule has 0 fully saturated rings. The molecule has 1 amide bonds. The van der Waals surface area contributed by atoms with Crippen molar-refractivity contribution in [1.29, 1.82) is 0 Å². The maximum atomic E-state index is 13.6. The van der Waals surface area contributed by atoms with Crippen molar-refractivity contribution < 1.29 is 23.1 Å². The first-order valence-corrected chi connectivity index (χ1v) is 5.53. The van der Waals surface area contributed by atoms with E-state index < -0.39 is 23.3 Å². The first-order chi connectivity index (χ1) is 9.51. The Morgan fingerprint density at radius 2 is 1.65 bits per heavy atom. The number of carbonyl (C=O) groups is 2. The maximum absolute atomic E-state index is 13.6. The molecule has 0 atom stereocenters. The first-order valence-electron chi connectivity index (χ1n) is 5.53. The Labute approximate surface area is 112 Å². The highest BCUT2D eigenvalue weighted by molar-refractivity contribution is 5.92. The van der Waals surface area contributed by atoms with Gasteiger partial charge in [-0.25, -0.2) is 8.78 Å². The Balaban J connectivity index is 2.30. The Bertz CT molecular complexity index is 646. The highest BCUT2D eigenvalue weighted by atomic mass is 19.1. The molecule has 0 aliphatic heterocycles. The average Bonchev–Trinajstić information content (AvgIpc) is 2.43. The molecule has 20 heavy (non-hydrogen) atoms. The van der Waals surface area contributed by atoms with Gasteiger partial charge in [-0.05, 0) is 36.4 Å². The van der Waals surface area contributed by atoms with Gasteiger partial charge in [0.25, 0.3) is 0 Å². The molecule has 0 aromatic heterocycles. The van der Waals surface area contributed by atoms with Gasteiger partial charge < -0.3 is 10.5 Å². The molecule has 2 aromatic carbocycles. The van der Waals surface area contributed by atoms with E-state index in [0.717, 1.165) is 12.1 Å². The number of aldehydes is 1. The van der Waals surface area contributed by atoms with E-state index in [1.165, 1.54) is 24.3 Å². The first kappa shape index (κ1) is 13.7. The predicted octanol–water partition coefficient (Wildman–Crippen LogP) is 2.67. The molecular weight excluding hydrogens is 268 g/mol. The van der Waals surface area contributed by atoms with Gasteiger partial charge in [-0.15, -0.1) is 0 Å². The van der Waals surface area contributed by atoms with Crippen molar-refractivity contribution in [2.45, 2.75) is 0 Å². The van der Waals surface area contributed by atoms with Crippen LogP contribution in [0, 0.1) is 11.6 Å². The Morgan fingerprint density at radius 1 is 1.10 bits per heavy atom. The van der Waals surface area contributed by atoms with Crippen LogP contribution in [-0.2, 0) is 0 Å². The Hall–Kier alpha value is -2.76. The van der Waals surface area contributed by atoms with Gasteiger partial charge in [-0.3, -0.25) is 9.59 Å². The molecule has 0 saturated carbocycles. The van der Waals surface area contributed by atoms with E-state index in [0.29, 0.717) is 6.29 Å². The summed E-state index contributed by atoms with van der Waals surface area (Å²) in [5.41, 5.74) is 5.18. The third kappa shape index (κ3) is 2.80. The molecule has 0 heterocycles. The molecule has 0 saturated heterocycles. The average molecular weight is 277 g/mol. The highest BCUT2D eigenvalue weighted by Gasteiger charge is 2.13. The fraction of sp³-hybridized carbons (Fsp3) is 0. The zero-order chi connectivity index (χ0) is 14.7. The minimum absolute atomic E-state index is 0.128. The number of ether oxygens (including phenoxy) is 1. The standard InChI is InChI=1S/C14H9F2NO3/c15-11-5-8(7-18)6-12(16)13(11)20-10-3-1-9(2-4-10)14(17)19/h1-7H,(H2,17,19). The second-order valence-electron chi connectivity index (χ2n) is 3.92. The summed E-state index contributed by atoms with van der Waals surface area (Å²) in [5, 5.41) is 0. The van der Waals surface area contributed by atoms with Gasteiger partial charge in [0.2, 0.25) is 5.91 Å².